The van der Waals surface area contributed by atoms with Gasteiger partial charge in [-0.3, -0.25) is 14.3 Å². The van der Waals surface area contributed by atoms with Crippen molar-refractivity contribution >= 4 is 11.8 Å². The first-order valence-corrected chi connectivity index (χ1v) is 10.8. The van der Waals surface area contributed by atoms with E-state index in [9.17, 15) is 9.59 Å². The van der Waals surface area contributed by atoms with Crippen LogP contribution < -0.4 is 0 Å². The zero-order valence-corrected chi connectivity index (χ0v) is 17.3. The Hall–Kier alpha value is -1.93. The molecule has 0 aliphatic carbocycles. The Bertz CT molecular complexity index is 720. The predicted molar refractivity (Wildman–Crippen MR) is 106 cm³/mol. The third kappa shape index (κ3) is 4.98. The first kappa shape index (κ1) is 20.3. The van der Waals surface area contributed by atoms with E-state index in [1.165, 1.54) is 0 Å². The lowest BCUT2D eigenvalue weighted by Gasteiger charge is -2.46. The van der Waals surface area contributed by atoms with Crippen molar-refractivity contribution in [2.45, 2.75) is 51.2 Å². The minimum absolute atomic E-state index is 0.109. The van der Waals surface area contributed by atoms with Crippen LogP contribution in [0.2, 0.25) is 0 Å². The van der Waals surface area contributed by atoms with E-state index in [0.717, 1.165) is 31.4 Å². The Morgan fingerprint density at radius 1 is 1.10 bits per heavy atom. The van der Waals surface area contributed by atoms with E-state index < -0.39 is 0 Å². The summed E-state index contributed by atoms with van der Waals surface area (Å²) in [5.41, 5.74) is 0.747. The first-order chi connectivity index (χ1) is 14.0. The van der Waals surface area contributed by atoms with E-state index in [2.05, 4.69) is 5.10 Å². The molecule has 8 heteroatoms. The van der Waals surface area contributed by atoms with Gasteiger partial charge in [0.25, 0.3) is 0 Å². The molecule has 1 aromatic heterocycles. The lowest BCUT2D eigenvalue weighted by molar-refractivity contribution is -0.151. The van der Waals surface area contributed by atoms with Crippen molar-refractivity contribution in [3.8, 4) is 0 Å². The zero-order valence-electron chi connectivity index (χ0n) is 17.3. The zero-order chi connectivity index (χ0) is 20.3. The van der Waals surface area contributed by atoms with Gasteiger partial charge in [0, 0.05) is 45.4 Å². The molecule has 0 aromatic carbocycles. The molecular weight excluding hydrogens is 372 g/mol. The molecule has 0 radical (unpaired) electrons. The van der Waals surface area contributed by atoms with Crippen LogP contribution in [0.15, 0.2) is 12.3 Å². The van der Waals surface area contributed by atoms with Gasteiger partial charge in [0.2, 0.25) is 11.8 Å². The number of hydrogen-bond donors (Lipinski definition) is 0. The van der Waals surface area contributed by atoms with Gasteiger partial charge < -0.3 is 19.3 Å². The average Bonchev–Trinajstić information content (AvgIpc) is 3.14. The third-order valence-electron chi connectivity index (χ3n) is 6.52. The minimum Gasteiger partial charge on any atom is -0.378 e. The van der Waals surface area contributed by atoms with Gasteiger partial charge in [-0.1, -0.05) is 0 Å². The maximum Gasteiger partial charge on any atom is 0.244 e. The SMILES string of the molecule is Cc1ccn(CC(=O)N2CCC3(CC2)CC(CC(=O)N2CCOCC2)CCO3)n1. The molecule has 160 valence electrons. The molecule has 1 spiro atoms. The maximum absolute atomic E-state index is 12.6. The van der Waals surface area contributed by atoms with E-state index in [1.54, 1.807) is 4.68 Å². The van der Waals surface area contributed by atoms with Crippen LogP contribution in [0.3, 0.4) is 0 Å². The number of piperidine rings is 1. The molecule has 3 saturated heterocycles. The van der Waals surface area contributed by atoms with E-state index in [1.807, 2.05) is 29.0 Å². The summed E-state index contributed by atoms with van der Waals surface area (Å²) < 4.78 is 13.3. The number of aryl methyl sites for hydroxylation is 1. The highest BCUT2D eigenvalue weighted by Gasteiger charge is 2.41. The van der Waals surface area contributed by atoms with Gasteiger partial charge in [-0.2, -0.15) is 5.10 Å². The Labute approximate surface area is 172 Å². The smallest absolute Gasteiger partial charge is 0.244 e. The van der Waals surface area contributed by atoms with Crippen LogP contribution in [0.4, 0.5) is 0 Å². The minimum atomic E-state index is -0.173. The third-order valence-corrected chi connectivity index (χ3v) is 6.52. The molecule has 3 aliphatic rings. The van der Waals surface area contributed by atoms with Crippen LogP contribution >= 0.6 is 0 Å². The highest BCUT2D eigenvalue weighted by atomic mass is 16.5. The van der Waals surface area contributed by atoms with Crippen molar-refractivity contribution in [3.63, 3.8) is 0 Å². The standard InChI is InChI=1S/C21H32N4O4/c1-17-2-6-25(22-17)16-20(27)23-7-4-21(5-8-23)15-18(3-11-29-21)14-19(26)24-9-12-28-13-10-24/h2,6,18H,3-5,7-16H2,1H3. The average molecular weight is 405 g/mol. The fourth-order valence-electron chi connectivity index (χ4n) is 4.79. The summed E-state index contributed by atoms with van der Waals surface area (Å²) in [7, 11) is 0. The Morgan fingerprint density at radius 2 is 1.83 bits per heavy atom. The van der Waals surface area contributed by atoms with Gasteiger partial charge in [-0.25, -0.2) is 0 Å². The molecule has 29 heavy (non-hydrogen) atoms. The molecule has 1 atom stereocenters. The number of carbonyl (C=O) groups excluding carboxylic acids is 2. The summed E-state index contributed by atoms with van der Waals surface area (Å²) >= 11 is 0. The van der Waals surface area contributed by atoms with Crippen molar-refractivity contribution in [1.29, 1.82) is 0 Å². The predicted octanol–water partition coefficient (Wildman–Crippen LogP) is 1.23. The van der Waals surface area contributed by atoms with Crippen molar-refractivity contribution in [1.82, 2.24) is 19.6 Å². The number of rotatable bonds is 4. The summed E-state index contributed by atoms with van der Waals surface area (Å²) in [5.74, 6) is 0.726. The maximum atomic E-state index is 12.6. The first-order valence-electron chi connectivity index (χ1n) is 10.8. The monoisotopic (exact) mass is 404 g/mol. The fraction of sp³-hybridized carbons (Fsp3) is 0.762. The number of likely N-dealkylation sites (tertiary alicyclic amines) is 1. The molecule has 2 amide bonds. The lowest BCUT2D eigenvalue weighted by Crippen LogP contribution is -2.51. The summed E-state index contributed by atoms with van der Waals surface area (Å²) in [6.07, 6.45) is 6.01. The highest BCUT2D eigenvalue weighted by molar-refractivity contribution is 5.77. The van der Waals surface area contributed by atoms with Gasteiger partial charge >= 0.3 is 0 Å². The number of amides is 2. The molecule has 4 heterocycles. The van der Waals surface area contributed by atoms with Crippen LogP contribution in [0.1, 0.15) is 37.8 Å². The van der Waals surface area contributed by atoms with Crippen LogP contribution in [-0.4, -0.2) is 83.0 Å². The van der Waals surface area contributed by atoms with Crippen LogP contribution in [0, 0.1) is 12.8 Å². The van der Waals surface area contributed by atoms with Crippen LogP contribution in [-0.2, 0) is 25.6 Å². The molecule has 3 fully saturated rings. The summed E-state index contributed by atoms with van der Waals surface area (Å²) in [6, 6.07) is 1.91. The van der Waals surface area contributed by atoms with Crippen LogP contribution in [0.25, 0.3) is 0 Å². The number of morpholine rings is 1. The van der Waals surface area contributed by atoms with Gasteiger partial charge in [-0.15, -0.1) is 0 Å². The number of aromatic nitrogens is 2. The molecule has 8 nitrogen and oxygen atoms in total. The van der Waals surface area contributed by atoms with E-state index in [0.29, 0.717) is 64.9 Å². The molecule has 1 unspecified atom stereocenters. The molecule has 1 aromatic rings. The van der Waals surface area contributed by atoms with E-state index in [-0.39, 0.29) is 17.4 Å². The second-order valence-electron chi connectivity index (χ2n) is 8.62. The molecular formula is C21H32N4O4. The van der Waals surface area contributed by atoms with Gasteiger partial charge in [0.15, 0.2) is 0 Å². The molecule has 4 rings (SSSR count). The van der Waals surface area contributed by atoms with Gasteiger partial charge in [0.05, 0.1) is 24.5 Å². The molecule has 0 bridgehead atoms. The molecule has 3 aliphatic heterocycles. The van der Waals surface area contributed by atoms with Gasteiger partial charge in [-0.05, 0) is 44.6 Å². The summed E-state index contributed by atoms with van der Waals surface area (Å²) in [5, 5.41) is 4.31. The topological polar surface area (TPSA) is 76.9 Å². The van der Waals surface area contributed by atoms with Crippen LogP contribution in [0.5, 0.6) is 0 Å². The number of carbonyl (C=O) groups is 2. The van der Waals surface area contributed by atoms with Crippen molar-refractivity contribution in [2.24, 2.45) is 5.92 Å². The van der Waals surface area contributed by atoms with E-state index >= 15 is 0 Å². The summed E-state index contributed by atoms with van der Waals surface area (Å²) in [6.45, 7) is 7.05. The quantitative estimate of drug-likeness (QED) is 0.754. The van der Waals surface area contributed by atoms with E-state index in [4.69, 9.17) is 9.47 Å². The Balaban J connectivity index is 1.27. The number of nitrogens with zero attached hydrogens (tertiary/aromatic N) is 4. The van der Waals surface area contributed by atoms with Gasteiger partial charge in [0.1, 0.15) is 6.54 Å². The molecule has 0 N–H and O–H groups in total. The largest absolute Gasteiger partial charge is 0.378 e. The normalized spacial score (nSPS) is 24.7. The molecule has 0 saturated carbocycles. The second kappa shape index (κ2) is 8.83. The second-order valence-corrected chi connectivity index (χ2v) is 8.62. The Morgan fingerprint density at radius 3 is 2.52 bits per heavy atom. The summed E-state index contributed by atoms with van der Waals surface area (Å²) in [4.78, 5) is 29.1. The highest BCUT2D eigenvalue weighted by Crippen LogP contribution is 2.39. The Kier molecular flexibility index (Phi) is 6.20. The number of ether oxygens (including phenoxy) is 2. The van der Waals surface area contributed by atoms with Crippen molar-refractivity contribution in [2.75, 3.05) is 46.0 Å². The van der Waals surface area contributed by atoms with Crippen molar-refractivity contribution in [3.05, 3.63) is 18.0 Å². The van der Waals surface area contributed by atoms with Crippen molar-refractivity contribution < 1.29 is 19.1 Å². The lowest BCUT2D eigenvalue weighted by atomic mass is 9.78. The fourth-order valence-corrected chi connectivity index (χ4v) is 4.79. The number of hydrogen-bond acceptors (Lipinski definition) is 5.